The first kappa shape index (κ1) is 19.9. The van der Waals surface area contributed by atoms with Gasteiger partial charge in [-0.25, -0.2) is 4.57 Å². The van der Waals surface area contributed by atoms with Gasteiger partial charge in [0.1, 0.15) is 0 Å². The Morgan fingerprint density at radius 3 is 1.44 bits per heavy atom. The van der Waals surface area contributed by atoms with Crippen molar-refractivity contribution >= 4 is 7.82 Å². The molecule has 0 unspecified atom stereocenters. The van der Waals surface area contributed by atoms with Crippen molar-refractivity contribution in [1.82, 2.24) is 0 Å². The molecular formula is C12H27NO4P+. The number of quaternary nitrogens is 1. The van der Waals surface area contributed by atoms with Gasteiger partial charge in [0.2, 0.25) is 0 Å². The van der Waals surface area contributed by atoms with Crippen LogP contribution < -0.4 is 0 Å². The molecule has 0 aromatic rings. The van der Waals surface area contributed by atoms with Crippen LogP contribution in [0.15, 0.2) is 25.3 Å². The molecule has 0 rings (SSSR count). The van der Waals surface area contributed by atoms with Crippen molar-refractivity contribution in [1.29, 1.82) is 0 Å². The topological polar surface area (TPSA) is 77.8 Å². The minimum Gasteiger partial charge on any atom is -0.317 e. The molecule has 0 amide bonds. The van der Waals surface area contributed by atoms with Gasteiger partial charge in [-0.2, -0.15) is 0 Å². The maximum absolute atomic E-state index is 8.88. The molecule has 0 bridgehead atoms. The van der Waals surface area contributed by atoms with Gasteiger partial charge in [-0.15, -0.1) is 0 Å². The van der Waals surface area contributed by atoms with E-state index < -0.39 is 7.82 Å². The van der Waals surface area contributed by atoms with Crippen LogP contribution >= 0.6 is 7.82 Å². The Bertz CT molecular complexity index is 249. The van der Waals surface area contributed by atoms with E-state index in [0.717, 1.165) is 17.6 Å². The monoisotopic (exact) mass is 280 g/mol. The van der Waals surface area contributed by atoms with Crippen molar-refractivity contribution in [2.75, 3.05) is 26.2 Å². The summed E-state index contributed by atoms with van der Waals surface area (Å²) >= 11 is 0. The van der Waals surface area contributed by atoms with Gasteiger partial charge in [-0.3, -0.25) is 0 Å². The van der Waals surface area contributed by atoms with Crippen molar-refractivity contribution < 1.29 is 23.7 Å². The van der Waals surface area contributed by atoms with E-state index in [2.05, 4.69) is 27.0 Å². The summed E-state index contributed by atoms with van der Waals surface area (Å²) in [6, 6.07) is 0. The van der Waals surface area contributed by atoms with Crippen LogP contribution in [-0.4, -0.2) is 45.3 Å². The van der Waals surface area contributed by atoms with E-state index in [4.69, 9.17) is 19.2 Å². The Balaban J connectivity index is 0. The fourth-order valence-electron chi connectivity index (χ4n) is 2.05. The molecule has 6 heteroatoms. The fourth-order valence-corrected chi connectivity index (χ4v) is 2.05. The molecule has 0 spiro atoms. The van der Waals surface area contributed by atoms with Gasteiger partial charge in [-0.1, -0.05) is 27.0 Å². The van der Waals surface area contributed by atoms with Crippen LogP contribution in [0.2, 0.25) is 0 Å². The van der Waals surface area contributed by atoms with E-state index in [1.807, 2.05) is 12.2 Å². The lowest BCUT2D eigenvalue weighted by atomic mass is 10.2. The quantitative estimate of drug-likeness (QED) is 0.361. The molecule has 5 nitrogen and oxygen atoms in total. The van der Waals surface area contributed by atoms with Crippen molar-refractivity contribution in [3.05, 3.63) is 25.3 Å². The first-order valence-corrected chi connectivity index (χ1v) is 7.66. The molecule has 0 aliphatic rings. The second-order valence-electron chi connectivity index (χ2n) is 4.24. The van der Waals surface area contributed by atoms with Gasteiger partial charge in [0, 0.05) is 0 Å². The highest BCUT2D eigenvalue weighted by atomic mass is 31.2. The highest BCUT2D eigenvalue weighted by Gasteiger charge is 2.21. The summed E-state index contributed by atoms with van der Waals surface area (Å²) in [6.07, 6.45) is 6.55. The molecule has 0 saturated heterocycles. The zero-order chi connectivity index (χ0) is 14.7. The Morgan fingerprint density at radius 1 is 1.00 bits per heavy atom. The minimum atomic E-state index is -4.64. The third-order valence-electron chi connectivity index (χ3n) is 2.43. The van der Waals surface area contributed by atoms with Crippen molar-refractivity contribution in [2.45, 2.75) is 26.7 Å². The Labute approximate surface area is 110 Å². The molecule has 0 heterocycles. The SMILES string of the molecule is C=CC[N+](CC=C)(CCC)CCC.O=P(O)(O)O. The highest BCUT2D eigenvalue weighted by molar-refractivity contribution is 7.45. The Morgan fingerprint density at radius 2 is 1.28 bits per heavy atom. The Kier molecular flexibility index (Phi) is 11.6. The third-order valence-corrected chi connectivity index (χ3v) is 2.43. The lowest BCUT2D eigenvalue weighted by Gasteiger charge is -2.36. The van der Waals surface area contributed by atoms with E-state index in [9.17, 15) is 0 Å². The molecule has 0 aromatic heterocycles. The summed E-state index contributed by atoms with van der Waals surface area (Å²) in [5.41, 5.74) is 0. The fraction of sp³-hybridized carbons (Fsp3) is 0.667. The number of phosphoric acid groups is 1. The van der Waals surface area contributed by atoms with Crippen LogP contribution in [0.1, 0.15) is 26.7 Å². The van der Waals surface area contributed by atoms with Gasteiger partial charge in [-0.05, 0) is 25.0 Å². The molecule has 0 saturated carbocycles. The van der Waals surface area contributed by atoms with Gasteiger partial charge in [0.15, 0.2) is 0 Å². The second kappa shape index (κ2) is 10.5. The molecular weight excluding hydrogens is 253 g/mol. The average Bonchev–Trinajstić information content (AvgIpc) is 2.16. The van der Waals surface area contributed by atoms with E-state index in [0.29, 0.717) is 0 Å². The maximum Gasteiger partial charge on any atom is 0.466 e. The summed E-state index contributed by atoms with van der Waals surface area (Å²) in [5, 5.41) is 0. The van der Waals surface area contributed by atoms with E-state index >= 15 is 0 Å². The van der Waals surface area contributed by atoms with Gasteiger partial charge < -0.3 is 19.2 Å². The molecule has 0 fully saturated rings. The van der Waals surface area contributed by atoms with Crippen LogP contribution in [0.5, 0.6) is 0 Å². The minimum absolute atomic E-state index is 1.08. The summed E-state index contributed by atoms with van der Waals surface area (Å²) in [5.74, 6) is 0. The average molecular weight is 280 g/mol. The van der Waals surface area contributed by atoms with E-state index in [1.165, 1.54) is 25.9 Å². The molecule has 3 N–H and O–H groups in total. The highest BCUT2D eigenvalue weighted by Crippen LogP contribution is 2.25. The van der Waals surface area contributed by atoms with Gasteiger partial charge in [0.05, 0.1) is 26.2 Å². The smallest absolute Gasteiger partial charge is 0.317 e. The standard InChI is InChI=1S/C12H24N.H3O4P/c1-5-9-13(10-6-2,11-7-3)12-8-4;1-5(2,3)4/h5-6H,1-2,7-12H2,3-4H3;(H3,1,2,3,4)/q+1;. The maximum atomic E-state index is 8.88. The number of hydrogen-bond acceptors (Lipinski definition) is 1. The lowest BCUT2D eigenvalue weighted by molar-refractivity contribution is -0.917. The van der Waals surface area contributed by atoms with Gasteiger partial charge >= 0.3 is 7.82 Å². The van der Waals surface area contributed by atoms with Crippen LogP contribution in [0, 0.1) is 0 Å². The van der Waals surface area contributed by atoms with E-state index in [1.54, 1.807) is 0 Å². The van der Waals surface area contributed by atoms with Crippen molar-refractivity contribution in [2.24, 2.45) is 0 Å². The summed E-state index contributed by atoms with van der Waals surface area (Å²) < 4.78 is 10.0. The summed E-state index contributed by atoms with van der Waals surface area (Å²) in [7, 11) is -4.64. The van der Waals surface area contributed by atoms with Gasteiger partial charge in [0.25, 0.3) is 0 Å². The number of rotatable bonds is 8. The van der Waals surface area contributed by atoms with Crippen molar-refractivity contribution in [3.8, 4) is 0 Å². The zero-order valence-corrected chi connectivity index (χ0v) is 12.4. The van der Waals surface area contributed by atoms with Crippen LogP contribution in [0.25, 0.3) is 0 Å². The van der Waals surface area contributed by atoms with Crippen LogP contribution in [0.4, 0.5) is 0 Å². The molecule has 0 atom stereocenters. The normalized spacial score (nSPS) is 11.4. The predicted octanol–water partition coefficient (Wildman–Crippen LogP) is 2.07. The first-order valence-electron chi connectivity index (χ1n) is 6.09. The largest absolute Gasteiger partial charge is 0.466 e. The summed E-state index contributed by atoms with van der Waals surface area (Å²) in [4.78, 5) is 21.6. The predicted molar refractivity (Wildman–Crippen MR) is 75.0 cm³/mol. The molecule has 18 heavy (non-hydrogen) atoms. The first-order chi connectivity index (χ1) is 8.24. The van der Waals surface area contributed by atoms with Crippen LogP contribution in [0.3, 0.4) is 0 Å². The van der Waals surface area contributed by atoms with Crippen molar-refractivity contribution in [3.63, 3.8) is 0 Å². The number of nitrogens with zero attached hydrogens (tertiary/aromatic N) is 1. The Hall–Kier alpha value is -0.450. The molecule has 0 aliphatic carbocycles. The van der Waals surface area contributed by atoms with Crippen LogP contribution in [-0.2, 0) is 4.57 Å². The molecule has 0 aromatic carbocycles. The summed E-state index contributed by atoms with van der Waals surface area (Å²) in [6.45, 7) is 16.8. The second-order valence-corrected chi connectivity index (χ2v) is 5.27. The lowest BCUT2D eigenvalue weighted by Crippen LogP contribution is -2.49. The number of hydrogen-bond donors (Lipinski definition) is 3. The molecule has 108 valence electrons. The zero-order valence-electron chi connectivity index (χ0n) is 11.5. The molecule has 0 aliphatic heterocycles. The third kappa shape index (κ3) is 13.6. The molecule has 0 radical (unpaired) electrons. The van der Waals surface area contributed by atoms with E-state index in [-0.39, 0.29) is 0 Å².